The van der Waals surface area contributed by atoms with Crippen molar-refractivity contribution in [3.05, 3.63) is 69.2 Å². The topological polar surface area (TPSA) is 52.7 Å². The van der Waals surface area contributed by atoms with Crippen LogP contribution >= 0.6 is 23.2 Å². The molecule has 0 unspecified atom stereocenters. The maximum absolute atomic E-state index is 12.9. The molecular weight excluding hydrogens is 433 g/mol. The zero-order valence-electron chi connectivity index (χ0n) is 17.6. The molecule has 4 rings (SSSR count). The van der Waals surface area contributed by atoms with Crippen LogP contribution in [-0.2, 0) is 17.9 Å². The number of benzene rings is 2. The van der Waals surface area contributed by atoms with Crippen LogP contribution in [0.3, 0.4) is 0 Å². The number of carbonyl (C=O) groups excluding carboxylic acids is 2. The van der Waals surface area contributed by atoms with E-state index >= 15 is 0 Å². The van der Waals surface area contributed by atoms with Gasteiger partial charge in [0.1, 0.15) is 0 Å². The molecule has 5 nitrogen and oxygen atoms in total. The highest BCUT2D eigenvalue weighted by atomic mass is 35.5. The van der Waals surface area contributed by atoms with Crippen LogP contribution in [-0.4, -0.2) is 47.3 Å². The van der Waals surface area contributed by atoms with Crippen LogP contribution in [0.2, 0.25) is 10.0 Å². The van der Waals surface area contributed by atoms with Gasteiger partial charge in [0.05, 0.1) is 16.6 Å². The highest BCUT2D eigenvalue weighted by Gasteiger charge is 2.31. The zero-order valence-corrected chi connectivity index (χ0v) is 19.1. The molecule has 0 aliphatic heterocycles. The molecule has 0 radical (unpaired) electrons. The summed E-state index contributed by atoms with van der Waals surface area (Å²) in [4.78, 5) is 29.0. The van der Waals surface area contributed by atoms with E-state index in [1.165, 1.54) is 0 Å². The number of nitrogens with zero attached hydrogens (tertiary/aromatic N) is 2. The molecule has 31 heavy (non-hydrogen) atoms. The molecule has 7 heteroatoms. The van der Waals surface area contributed by atoms with E-state index in [1.54, 1.807) is 17.0 Å². The second-order valence-electron chi connectivity index (χ2n) is 8.58. The van der Waals surface area contributed by atoms with E-state index < -0.39 is 0 Å². The highest BCUT2D eigenvalue weighted by molar-refractivity contribution is 6.42. The third kappa shape index (κ3) is 6.22. The normalized spacial score (nSPS) is 15.7. The van der Waals surface area contributed by atoms with Crippen molar-refractivity contribution < 1.29 is 9.59 Å². The molecule has 2 aromatic carbocycles. The Bertz CT molecular complexity index is 956. The minimum absolute atomic E-state index is 0.00722. The number of hydrogen-bond donors (Lipinski definition) is 1. The van der Waals surface area contributed by atoms with Gasteiger partial charge in [0.2, 0.25) is 5.91 Å². The average Bonchev–Trinajstić information content (AvgIpc) is 3.65. The molecule has 0 heterocycles. The van der Waals surface area contributed by atoms with Crippen molar-refractivity contribution in [2.24, 2.45) is 0 Å². The van der Waals surface area contributed by atoms with Gasteiger partial charge < -0.3 is 10.2 Å². The molecule has 2 fully saturated rings. The monoisotopic (exact) mass is 459 g/mol. The fraction of sp³-hybridized carbons (Fsp3) is 0.417. The lowest BCUT2D eigenvalue weighted by molar-refractivity contribution is -0.132. The molecule has 0 spiro atoms. The summed E-state index contributed by atoms with van der Waals surface area (Å²) in [7, 11) is 1.81. The quantitative estimate of drug-likeness (QED) is 0.599. The van der Waals surface area contributed by atoms with Gasteiger partial charge in [-0.2, -0.15) is 0 Å². The van der Waals surface area contributed by atoms with Crippen LogP contribution < -0.4 is 5.32 Å². The van der Waals surface area contributed by atoms with E-state index in [2.05, 4.69) is 10.2 Å². The maximum Gasteiger partial charge on any atom is 0.251 e. The summed E-state index contributed by atoms with van der Waals surface area (Å²) in [5, 5.41) is 4.01. The van der Waals surface area contributed by atoms with Gasteiger partial charge in [-0.25, -0.2) is 0 Å². The van der Waals surface area contributed by atoms with Crippen molar-refractivity contribution >= 4 is 35.0 Å². The van der Waals surface area contributed by atoms with E-state index in [4.69, 9.17) is 23.2 Å². The van der Waals surface area contributed by atoms with Gasteiger partial charge in [-0.15, -0.1) is 0 Å². The predicted molar refractivity (Wildman–Crippen MR) is 123 cm³/mol. The Kier molecular flexibility index (Phi) is 6.85. The Balaban J connectivity index is 1.33. The van der Waals surface area contributed by atoms with Crippen LogP contribution in [0.15, 0.2) is 42.5 Å². The predicted octanol–water partition coefficient (Wildman–Crippen LogP) is 4.51. The summed E-state index contributed by atoms with van der Waals surface area (Å²) < 4.78 is 0. The summed E-state index contributed by atoms with van der Waals surface area (Å²) in [6.45, 7) is 1.55. The lowest BCUT2D eigenvalue weighted by Gasteiger charge is -2.25. The number of rotatable bonds is 9. The molecule has 2 saturated carbocycles. The van der Waals surface area contributed by atoms with Crippen molar-refractivity contribution in [3.63, 3.8) is 0 Å². The Morgan fingerprint density at radius 3 is 2.23 bits per heavy atom. The van der Waals surface area contributed by atoms with Crippen LogP contribution in [0.1, 0.15) is 47.2 Å². The molecule has 2 aliphatic carbocycles. The Labute approximate surface area is 193 Å². The number of nitrogens with one attached hydrogen (secondary N) is 1. The van der Waals surface area contributed by atoms with Crippen molar-refractivity contribution in [1.82, 2.24) is 15.1 Å². The van der Waals surface area contributed by atoms with Gasteiger partial charge >= 0.3 is 0 Å². The second kappa shape index (κ2) is 9.60. The molecule has 2 amide bonds. The largest absolute Gasteiger partial charge is 0.349 e. The van der Waals surface area contributed by atoms with Gasteiger partial charge in [-0.1, -0.05) is 41.4 Å². The van der Waals surface area contributed by atoms with Crippen LogP contribution in [0.4, 0.5) is 0 Å². The molecule has 0 aromatic heterocycles. The molecule has 0 bridgehead atoms. The number of hydrogen-bond acceptors (Lipinski definition) is 3. The third-order valence-electron chi connectivity index (χ3n) is 5.75. The smallest absolute Gasteiger partial charge is 0.251 e. The van der Waals surface area contributed by atoms with Crippen molar-refractivity contribution in [3.8, 4) is 0 Å². The average molecular weight is 460 g/mol. The van der Waals surface area contributed by atoms with Crippen molar-refractivity contribution in [2.75, 3.05) is 13.6 Å². The summed E-state index contributed by atoms with van der Waals surface area (Å²) in [5.41, 5.74) is 2.74. The first-order valence-corrected chi connectivity index (χ1v) is 11.5. The maximum atomic E-state index is 12.9. The van der Waals surface area contributed by atoms with Gasteiger partial charge in [-0.05, 0) is 61.1 Å². The van der Waals surface area contributed by atoms with Crippen molar-refractivity contribution in [1.29, 1.82) is 0 Å². The summed E-state index contributed by atoms with van der Waals surface area (Å²) in [6, 6.07) is 14.0. The number of amides is 2. The molecule has 1 N–H and O–H groups in total. The zero-order chi connectivity index (χ0) is 22.0. The molecule has 2 aromatic rings. The highest BCUT2D eigenvalue weighted by Crippen LogP contribution is 2.29. The first-order chi connectivity index (χ1) is 14.9. The molecular formula is C24H27Cl2N3O2. The Morgan fingerprint density at radius 2 is 1.61 bits per heavy atom. The first-order valence-electron chi connectivity index (χ1n) is 10.7. The minimum Gasteiger partial charge on any atom is -0.349 e. The number of carbonyl (C=O) groups is 2. The second-order valence-corrected chi connectivity index (χ2v) is 9.39. The first kappa shape index (κ1) is 22.1. The third-order valence-corrected chi connectivity index (χ3v) is 6.48. The molecule has 0 saturated heterocycles. The van der Waals surface area contributed by atoms with Gasteiger partial charge in [0.15, 0.2) is 0 Å². The van der Waals surface area contributed by atoms with E-state index in [0.29, 0.717) is 47.3 Å². The summed E-state index contributed by atoms with van der Waals surface area (Å²) in [6.07, 6.45) is 4.39. The van der Waals surface area contributed by atoms with E-state index in [-0.39, 0.29) is 11.8 Å². The summed E-state index contributed by atoms with van der Waals surface area (Å²) in [5.74, 6) is 0.0607. The molecule has 2 aliphatic rings. The van der Waals surface area contributed by atoms with Gasteiger partial charge in [0.25, 0.3) is 5.91 Å². The lowest BCUT2D eigenvalue weighted by Crippen LogP contribution is -2.39. The van der Waals surface area contributed by atoms with E-state index in [1.807, 2.05) is 37.4 Å². The van der Waals surface area contributed by atoms with E-state index in [0.717, 1.165) is 36.8 Å². The van der Waals surface area contributed by atoms with Crippen LogP contribution in [0, 0.1) is 0 Å². The Morgan fingerprint density at radius 1 is 0.935 bits per heavy atom. The van der Waals surface area contributed by atoms with E-state index in [9.17, 15) is 9.59 Å². The van der Waals surface area contributed by atoms with Crippen molar-refractivity contribution in [2.45, 2.75) is 50.9 Å². The molecule has 0 atom stereocenters. The number of likely N-dealkylation sites (N-methyl/N-ethyl adjacent to an activating group) is 1. The SMILES string of the molecule is CN(Cc1ccc(Cl)c(Cl)c1)C(=O)CN(Cc1ccc(C(=O)NC2CC2)cc1)C1CC1. The van der Waals surface area contributed by atoms with Crippen LogP contribution in [0.25, 0.3) is 0 Å². The fourth-order valence-corrected chi connectivity index (χ4v) is 3.86. The van der Waals surface area contributed by atoms with Gasteiger partial charge in [0, 0.05) is 37.8 Å². The molecule has 164 valence electrons. The minimum atomic E-state index is -0.00722. The standard InChI is InChI=1S/C24H27Cl2N3O2/c1-28(13-17-4-11-21(25)22(26)12-17)23(30)15-29(20-9-10-20)14-16-2-5-18(6-3-16)24(31)27-19-7-8-19/h2-6,11-12,19-20H,7-10,13-15H2,1H3,(H,27,31). The lowest BCUT2D eigenvalue weighted by atomic mass is 10.1. The fourth-order valence-electron chi connectivity index (χ4n) is 3.54. The van der Waals surface area contributed by atoms with Crippen LogP contribution in [0.5, 0.6) is 0 Å². The summed E-state index contributed by atoms with van der Waals surface area (Å²) >= 11 is 12.1. The Hall–Kier alpha value is -2.08. The number of halogens is 2. The van der Waals surface area contributed by atoms with Gasteiger partial charge in [-0.3, -0.25) is 14.5 Å².